The lowest BCUT2D eigenvalue weighted by atomic mass is 9.68. The monoisotopic (exact) mass is 322 g/mol. The number of aryl methyl sites for hydroxylation is 1. The molecule has 3 rings (SSSR count). The van der Waals surface area contributed by atoms with Crippen LogP contribution in [-0.2, 0) is 0 Å². The lowest BCUT2D eigenvalue weighted by Gasteiger charge is -2.43. The van der Waals surface area contributed by atoms with E-state index < -0.39 is 0 Å². The van der Waals surface area contributed by atoms with Crippen LogP contribution in [-0.4, -0.2) is 11.0 Å². The molecule has 1 N–H and O–H groups in total. The number of halogens is 1. The number of pyridine rings is 1. The fourth-order valence-electron chi connectivity index (χ4n) is 4.44. The summed E-state index contributed by atoms with van der Waals surface area (Å²) in [5.41, 5.74) is 2.03. The number of anilines is 1. The number of nitrogens with zero attached hydrogens (tertiary/aromatic N) is 1. The van der Waals surface area contributed by atoms with Crippen molar-refractivity contribution >= 4 is 21.7 Å². The predicted molar refractivity (Wildman–Crippen MR) is 83.3 cm³/mol. The van der Waals surface area contributed by atoms with Crippen LogP contribution in [0.2, 0.25) is 0 Å². The van der Waals surface area contributed by atoms with E-state index >= 15 is 0 Å². The summed E-state index contributed by atoms with van der Waals surface area (Å²) in [5.74, 6) is 1.87. The number of aromatic nitrogens is 1. The fourth-order valence-corrected chi connectivity index (χ4v) is 4.79. The van der Waals surface area contributed by atoms with Gasteiger partial charge in [0.25, 0.3) is 0 Å². The molecule has 1 aromatic heterocycles. The van der Waals surface area contributed by atoms with E-state index in [9.17, 15) is 0 Å². The second-order valence-corrected chi connectivity index (χ2v) is 8.08. The van der Waals surface area contributed by atoms with Crippen LogP contribution in [0.1, 0.15) is 45.6 Å². The van der Waals surface area contributed by atoms with Gasteiger partial charge in [0.2, 0.25) is 0 Å². The molecule has 0 radical (unpaired) electrons. The zero-order valence-corrected chi connectivity index (χ0v) is 13.8. The van der Waals surface area contributed by atoms with E-state index in [1.165, 1.54) is 24.8 Å². The molecule has 2 saturated carbocycles. The van der Waals surface area contributed by atoms with Gasteiger partial charge >= 0.3 is 0 Å². The summed E-state index contributed by atoms with van der Waals surface area (Å²) in [6.07, 6.45) is 6.00. The van der Waals surface area contributed by atoms with E-state index in [4.69, 9.17) is 0 Å². The van der Waals surface area contributed by atoms with E-state index in [-0.39, 0.29) is 0 Å². The zero-order valence-electron chi connectivity index (χ0n) is 12.3. The van der Waals surface area contributed by atoms with Crippen molar-refractivity contribution in [2.24, 2.45) is 16.7 Å². The molecule has 0 saturated heterocycles. The minimum absolute atomic E-state index is 0.359. The summed E-state index contributed by atoms with van der Waals surface area (Å²) < 4.78 is 1.11. The smallest absolute Gasteiger partial charge is 0.140 e. The Hall–Kier alpha value is -0.570. The molecule has 19 heavy (non-hydrogen) atoms. The van der Waals surface area contributed by atoms with Gasteiger partial charge in [-0.25, -0.2) is 4.98 Å². The van der Waals surface area contributed by atoms with Gasteiger partial charge in [-0.05, 0) is 70.5 Å². The Labute approximate surface area is 124 Å². The molecule has 2 aliphatic carbocycles. The molecule has 1 aromatic rings. The van der Waals surface area contributed by atoms with Gasteiger partial charge in [-0.2, -0.15) is 0 Å². The van der Waals surface area contributed by atoms with Gasteiger partial charge in [0.1, 0.15) is 5.82 Å². The van der Waals surface area contributed by atoms with Gasteiger partial charge in [0.15, 0.2) is 0 Å². The third-order valence-electron chi connectivity index (χ3n) is 5.63. The van der Waals surface area contributed by atoms with Crippen molar-refractivity contribution in [3.05, 3.63) is 22.3 Å². The third kappa shape index (κ3) is 1.93. The molecule has 0 amide bonds. The highest BCUT2D eigenvalue weighted by molar-refractivity contribution is 9.10. The van der Waals surface area contributed by atoms with Crippen molar-refractivity contribution in [3.63, 3.8) is 0 Å². The van der Waals surface area contributed by atoms with Crippen LogP contribution in [0, 0.1) is 23.7 Å². The van der Waals surface area contributed by atoms with E-state index in [1.54, 1.807) is 0 Å². The fraction of sp³-hybridized carbons (Fsp3) is 0.688. The van der Waals surface area contributed by atoms with Crippen LogP contribution in [0.5, 0.6) is 0 Å². The summed E-state index contributed by atoms with van der Waals surface area (Å²) >= 11 is 3.67. The molecule has 0 aliphatic heterocycles. The average Bonchev–Trinajstić information content (AvgIpc) is 2.81. The van der Waals surface area contributed by atoms with Crippen molar-refractivity contribution in [2.45, 2.75) is 53.0 Å². The van der Waals surface area contributed by atoms with E-state index in [0.717, 1.165) is 16.2 Å². The number of fused-ring (bicyclic) bond motifs is 2. The summed E-state index contributed by atoms with van der Waals surface area (Å²) in [5, 5.41) is 3.75. The van der Waals surface area contributed by atoms with Crippen LogP contribution in [0.4, 0.5) is 5.82 Å². The molecule has 1 heterocycles. The standard InChI is InChI=1S/C16H23BrN2/c1-10-6-8-18-13(12(10)17)19-14-15(2,3)11-5-7-16(14,4)9-11/h6,8,11,14H,5,7,9H2,1-4H3,(H,18,19). The quantitative estimate of drug-likeness (QED) is 0.847. The minimum Gasteiger partial charge on any atom is -0.365 e. The molecule has 2 bridgehead atoms. The summed E-state index contributed by atoms with van der Waals surface area (Å²) in [6.45, 7) is 9.40. The summed E-state index contributed by atoms with van der Waals surface area (Å²) in [6, 6.07) is 2.56. The molecule has 2 aliphatic rings. The Morgan fingerprint density at radius 3 is 2.74 bits per heavy atom. The minimum atomic E-state index is 0.359. The first-order chi connectivity index (χ1) is 8.84. The Morgan fingerprint density at radius 1 is 1.37 bits per heavy atom. The average molecular weight is 323 g/mol. The van der Waals surface area contributed by atoms with Crippen LogP contribution in [0.25, 0.3) is 0 Å². The first kappa shape index (κ1) is 13.4. The topological polar surface area (TPSA) is 24.9 Å². The van der Waals surface area contributed by atoms with E-state index in [1.807, 2.05) is 12.3 Å². The Balaban J connectivity index is 1.93. The first-order valence-corrected chi connectivity index (χ1v) is 8.01. The first-order valence-electron chi connectivity index (χ1n) is 7.22. The maximum atomic E-state index is 4.52. The summed E-state index contributed by atoms with van der Waals surface area (Å²) in [7, 11) is 0. The number of hydrogen-bond acceptors (Lipinski definition) is 2. The van der Waals surface area contributed by atoms with E-state index in [0.29, 0.717) is 16.9 Å². The number of hydrogen-bond donors (Lipinski definition) is 1. The molecular weight excluding hydrogens is 300 g/mol. The third-order valence-corrected chi connectivity index (χ3v) is 6.63. The van der Waals surface area contributed by atoms with Crippen molar-refractivity contribution in [1.82, 2.24) is 4.98 Å². The lowest BCUT2D eigenvalue weighted by molar-refractivity contribution is 0.155. The van der Waals surface area contributed by atoms with Crippen molar-refractivity contribution < 1.29 is 0 Å². The second kappa shape index (κ2) is 4.21. The number of rotatable bonds is 2. The van der Waals surface area contributed by atoms with Crippen LogP contribution in [0.3, 0.4) is 0 Å². The van der Waals surface area contributed by atoms with Gasteiger partial charge in [-0.1, -0.05) is 20.8 Å². The highest BCUT2D eigenvalue weighted by Crippen LogP contribution is 2.63. The Kier molecular flexibility index (Phi) is 2.97. The van der Waals surface area contributed by atoms with Gasteiger partial charge in [-0.3, -0.25) is 0 Å². The highest BCUT2D eigenvalue weighted by Gasteiger charge is 2.59. The van der Waals surface area contributed by atoms with Crippen LogP contribution < -0.4 is 5.32 Å². The molecule has 3 heteroatoms. The van der Waals surface area contributed by atoms with Gasteiger partial charge in [-0.15, -0.1) is 0 Å². The van der Waals surface area contributed by atoms with Gasteiger partial charge < -0.3 is 5.32 Å². The summed E-state index contributed by atoms with van der Waals surface area (Å²) in [4.78, 5) is 4.52. The van der Waals surface area contributed by atoms with Crippen LogP contribution in [0.15, 0.2) is 16.7 Å². The molecule has 104 valence electrons. The molecule has 2 fully saturated rings. The van der Waals surface area contributed by atoms with Gasteiger partial charge in [0, 0.05) is 12.2 Å². The maximum Gasteiger partial charge on any atom is 0.140 e. The van der Waals surface area contributed by atoms with Crippen molar-refractivity contribution in [3.8, 4) is 0 Å². The molecular formula is C16H23BrN2. The van der Waals surface area contributed by atoms with Crippen LogP contribution >= 0.6 is 15.9 Å². The molecule has 2 nitrogen and oxygen atoms in total. The highest BCUT2D eigenvalue weighted by atomic mass is 79.9. The van der Waals surface area contributed by atoms with Crippen molar-refractivity contribution in [2.75, 3.05) is 5.32 Å². The maximum absolute atomic E-state index is 4.52. The van der Waals surface area contributed by atoms with E-state index in [2.05, 4.69) is 53.9 Å². The molecule has 3 unspecified atom stereocenters. The Morgan fingerprint density at radius 2 is 2.11 bits per heavy atom. The SMILES string of the molecule is Cc1ccnc(NC2C3(C)CCC(C3)C2(C)C)c1Br. The molecule has 0 aromatic carbocycles. The largest absolute Gasteiger partial charge is 0.365 e. The van der Waals surface area contributed by atoms with Gasteiger partial charge in [0.05, 0.1) is 4.47 Å². The number of nitrogens with one attached hydrogen (secondary N) is 1. The molecule has 0 spiro atoms. The zero-order chi connectivity index (χ0) is 13.8. The Bertz CT molecular complexity index is 507. The molecule has 3 atom stereocenters. The normalized spacial score (nSPS) is 35.6. The predicted octanol–water partition coefficient (Wildman–Crippen LogP) is 4.78. The van der Waals surface area contributed by atoms with Crippen molar-refractivity contribution in [1.29, 1.82) is 0 Å². The lowest BCUT2D eigenvalue weighted by Crippen LogP contribution is -2.46. The second-order valence-electron chi connectivity index (χ2n) is 7.28.